The van der Waals surface area contributed by atoms with Gasteiger partial charge in [0.1, 0.15) is 17.3 Å². The highest BCUT2D eigenvalue weighted by Gasteiger charge is 2.21. The van der Waals surface area contributed by atoms with Crippen molar-refractivity contribution >= 4 is 17.3 Å². The van der Waals surface area contributed by atoms with E-state index in [4.69, 9.17) is 24.5 Å². The van der Waals surface area contributed by atoms with E-state index in [1.165, 1.54) is 16.7 Å². The van der Waals surface area contributed by atoms with Crippen LogP contribution in [0.1, 0.15) is 41.1 Å². The van der Waals surface area contributed by atoms with E-state index in [2.05, 4.69) is 36.5 Å². The standard InChI is InChI=1S/C25H27N5O2/c1-16-8-10-17(11-9-16)12-23-28-25-27-22-7-5-4-6-21(22)24(30(25)29-23)26-18-13-19(31-2)15-20(14-18)32-3/h8-11,13-15,26H,4-7,12H2,1-3H3. The summed E-state index contributed by atoms with van der Waals surface area (Å²) in [6.07, 6.45) is 4.88. The number of hydrogen-bond acceptors (Lipinski definition) is 6. The normalized spacial score (nSPS) is 13.1. The summed E-state index contributed by atoms with van der Waals surface area (Å²) in [6, 6.07) is 14.2. The molecule has 1 aliphatic carbocycles. The largest absolute Gasteiger partial charge is 0.497 e. The Hall–Kier alpha value is -3.61. The molecule has 0 spiro atoms. The number of anilines is 2. The fourth-order valence-electron chi connectivity index (χ4n) is 4.19. The molecule has 2 heterocycles. The van der Waals surface area contributed by atoms with Crippen molar-refractivity contribution in [3.8, 4) is 11.5 Å². The quantitative estimate of drug-likeness (QED) is 0.480. The zero-order valence-corrected chi connectivity index (χ0v) is 18.7. The van der Waals surface area contributed by atoms with Crippen LogP contribution in [0.15, 0.2) is 42.5 Å². The molecule has 2 aromatic heterocycles. The molecular formula is C25H27N5O2. The summed E-state index contributed by atoms with van der Waals surface area (Å²) in [6.45, 7) is 2.09. The van der Waals surface area contributed by atoms with Crippen LogP contribution in [0.2, 0.25) is 0 Å². The third kappa shape index (κ3) is 3.98. The minimum atomic E-state index is 0.630. The smallest absolute Gasteiger partial charge is 0.254 e. The molecule has 0 bridgehead atoms. The van der Waals surface area contributed by atoms with Crippen molar-refractivity contribution in [3.63, 3.8) is 0 Å². The van der Waals surface area contributed by atoms with Gasteiger partial charge >= 0.3 is 0 Å². The molecule has 0 radical (unpaired) electrons. The number of hydrogen-bond donors (Lipinski definition) is 1. The van der Waals surface area contributed by atoms with Gasteiger partial charge in [0.15, 0.2) is 5.82 Å². The average Bonchev–Trinajstić information content (AvgIpc) is 3.22. The topological polar surface area (TPSA) is 73.6 Å². The molecule has 0 atom stereocenters. The number of benzene rings is 2. The number of methoxy groups -OCH3 is 2. The highest BCUT2D eigenvalue weighted by Crippen LogP contribution is 2.32. The Kier molecular flexibility index (Phi) is 5.39. The van der Waals surface area contributed by atoms with Crippen LogP contribution in [0.4, 0.5) is 11.5 Å². The predicted molar refractivity (Wildman–Crippen MR) is 124 cm³/mol. The lowest BCUT2D eigenvalue weighted by Crippen LogP contribution is -2.13. The number of aryl methyl sites for hydroxylation is 2. The summed E-state index contributed by atoms with van der Waals surface area (Å²) < 4.78 is 12.7. The van der Waals surface area contributed by atoms with Gasteiger partial charge in [0.2, 0.25) is 0 Å². The first kappa shape index (κ1) is 20.3. The summed E-state index contributed by atoms with van der Waals surface area (Å²) in [5.41, 5.74) is 5.61. The number of rotatable bonds is 6. The van der Waals surface area contributed by atoms with Gasteiger partial charge in [-0.3, -0.25) is 0 Å². The molecule has 1 N–H and O–H groups in total. The number of nitrogens with zero attached hydrogens (tertiary/aromatic N) is 4. The minimum Gasteiger partial charge on any atom is -0.497 e. The van der Waals surface area contributed by atoms with Gasteiger partial charge in [-0.25, -0.2) is 4.98 Å². The van der Waals surface area contributed by atoms with Crippen molar-refractivity contribution in [1.29, 1.82) is 0 Å². The van der Waals surface area contributed by atoms with Crippen molar-refractivity contribution < 1.29 is 9.47 Å². The summed E-state index contributed by atoms with van der Waals surface area (Å²) in [5, 5.41) is 8.41. The van der Waals surface area contributed by atoms with Crippen LogP contribution in [0.5, 0.6) is 11.5 Å². The highest BCUT2D eigenvalue weighted by atomic mass is 16.5. The fraction of sp³-hybridized carbons (Fsp3) is 0.320. The van der Waals surface area contributed by atoms with Gasteiger partial charge in [-0.05, 0) is 38.2 Å². The Morgan fingerprint density at radius 3 is 2.38 bits per heavy atom. The number of fused-ring (bicyclic) bond motifs is 2. The van der Waals surface area contributed by atoms with E-state index >= 15 is 0 Å². The van der Waals surface area contributed by atoms with Crippen molar-refractivity contribution in [2.24, 2.45) is 0 Å². The van der Waals surface area contributed by atoms with Gasteiger partial charge in [0.05, 0.1) is 19.9 Å². The zero-order chi connectivity index (χ0) is 22.1. The summed E-state index contributed by atoms with van der Waals surface area (Å²) in [5.74, 6) is 3.76. The van der Waals surface area contributed by atoms with E-state index in [1.54, 1.807) is 14.2 Å². The molecule has 0 saturated carbocycles. The Balaban J connectivity index is 1.58. The first-order chi connectivity index (χ1) is 15.6. The first-order valence-electron chi connectivity index (χ1n) is 11.0. The second-order valence-corrected chi connectivity index (χ2v) is 8.22. The SMILES string of the molecule is COc1cc(Nc2c3c(nc4nc(Cc5ccc(C)cc5)nn24)CCCC3)cc(OC)c1. The third-order valence-corrected chi connectivity index (χ3v) is 5.90. The Bertz CT molecular complexity index is 1240. The van der Waals surface area contributed by atoms with Gasteiger partial charge < -0.3 is 14.8 Å². The second kappa shape index (κ2) is 8.49. The van der Waals surface area contributed by atoms with Gasteiger partial charge in [-0.1, -0.05) is 29.8 Å². The number of ether oxygens (including phenoxy) is 2. The van der Waals surface area contributed by atoms with E-state index < -0.39 is 0 Å². The molecule has 7 heteroatoms. The molecule has 7 nitrogen and oxygen atoms in total. The monoisotopic (exact) mass is 429 g/mol. The molecule has 0 saturated heterocycles. The molecular weight excluding hydrogens is 402 g/mol. The summed E-state index contributed by atoms with van der Waals surface area (Å²) in [4.78, 5) is 9.62. The van der Waals surface area contributed by atoms with Crippen molar-refractivity contribution in [2.45, 2.75) is 39.0 Å². The maximum absolute atomic E-state index is 5.45. The molecule has 0 fully saturated rings. The van der Waals surface area contributed by atoms with Crippen molar-refractivity contribution in [3.05, 3.63) is 70.7 Å². The van der Waals surface area contributed by atoms with Crippen LogP contribution in [0, 0.1) is 6.92 Å². The van der Waals surface area contributed by atoms with Crippen LogP contribution < -0.4 is 14.8 Å². The molecule has 2 aromatic carbocycles. The lowest BCUT2D eigenvalue weighted by molar-refractivity contribution is 0.395. The predicted octanol–water partition coefficient (Wildman–Crippen LogP) is 4.66. The summed E-state index contributed by atoms with van der Waals surface area (Å²) in [7, 11) is 3.31. The zero-order valence-electron chi connectivity index (χ0n) is 18.7. The molecule has 0 unspecified atom stereocenters. The average molecular weight is 430 g/mol. The van der Waals surface area contributed by atoms with Gasteiger partial charge in [-0.15, -0.1) is 5.10 Å². The van der Waals surface area contributed by atoms with Crippen LogP contribution in [0.25, 0.3) is 5.78 Å². The van der Waals surface area contributed by atoms with Crippen molar-refractivity contribution in [1.82, 2.24) is 19.6 Å². The van der Waals surface area contributed by atoms with Crippen LogP contribution >= 0.6 is 0 Å². The van der Waals surface area contributed by atoms with Crippen molar-refractivity contribution in [2.75, 3.05) is 19.5 Å². The van der Waals surface area contributed by atoms with E-state index in [0.29, 0.717) is 12.2 Å². The Morgan fingerprint density at radius 2 is 1.66 bits per heavy atom. The minimum absolute atomic E-state index is 0.630. The Morgan fingerprint density at radius 1 is 0.938 bits per heavy atom. The van der Waals surface area contributed by atoms with Crippen LogP contribution in [-0.4, -0.2) is 33.8 Å². The van der Waals surface area contributed by atoms with E-state index in [9.17, 15) is 0 Å². The van der Waals surface area contributed by atoms with E-state index in [0.717, 1.165) is 60.2 Å². The molecule has 0 amide bonds. The molecule has 164 valence electrons. The maximum Gasteiger partial charge on any atom is 0.254 e. The second-order valence-electron chi connectivity index (χ2n) is 8.22. The molecule has 4 aromatic rings. The number of nitrogens with one attached hydrogen (secondary N) is 1. The lowest BCUT2D eigenvalue weighted by atomic mass is 9.96. The van der Waals surface area contributed by atoms with Gasteiger partial charge in [-0.2, -0.15) is 9.50 Å². The van der Waals surface area contributed by atoms with E-state index in [1.807, 2.05) is 22.7 Å². The fourth-order valence-corrected chi connectivity index (χ4v) is 4.19. The molecule has 5 rings (SSSR count). The van der Waals surface area contributed by atoms with Gasteiger partial charge in [0.25, 0.3) is 5.78 Å². The number of aromatic nitrogens is 4. The third-order valence-electron chi connectivity index (χ3n) is 5.90. The molecule has 32 heavy (non-hydrogen) atoms. The van der Waals surface area contributed by atoms with Crippen LogP contribution in [0.3, 0.4) is 0 Å². The van der Waals surface area contributed by atoms with E-state index in [-0.39, 0.29) is 0 Å². The highest BCUT2D eigenvalue weighted by molar-refractivity contribution is 5.66. The van der Waals surface area contributed by atoms with Gasteiger partial charge in [0, 0.05) is 35.9 Å². The first-order valence-corrected chi connectivity index (χ1v) is 11.0. The Labute approximate surface area is 187 Å². The molecule has 0 aliphatic heterocycles. The lowest BCUT2D eigenvalue weighted by Gasteiger charge is -2.20. The summed E-state index contributed by atoms with van der Waals surface area (Å²) >= 11 is 0. The molecule has 1 aliphatic rings. The van der Waals surface area contributed by atoms with Crippen LogP contribution in [-0.2, 0) is 19.3 Å². The maximum atomic E-state index is 5.45.